The second kappa shape index (κ2) is 9.53. The first-order valence-corrected chi connectivity index (χ1v) is 12.5. The van der Waals surface area contributed by atoms with Crippen LogP contribution < -0.4 is 9.46 Å². The van der Waals surface area contributed by atoms with Crippen LogP contribution in [0.15, 0.2) is 29.3 Å². The van der Waals surface area contributed by atoms with Crippen molar-refractivity contribution in [1.82, 2.24) is 14.3 Å². The summed E-state index contributed by atoms with van der Waals surface area (Å²) < 4.78 is 112. The summed E-state index contributed by atoms with van der Waals surface area (Å²) in [6.07, 6.45) is -1.75. The van der Waals surface area contributed by atoms with Crippen molar-refractivity contribution in [1.29, 1.82) is 5.26 Å². The standard InChI is InChI=1S/C23H20F6N4O3S/c1-11-19-15(8-17(24)21(11)36-22(25)26)16(9-30)20(33(19)13-4-3-5-13)18-7-6-14(10-31-18)37(34,35)32-12(2)23(27,28)29/h6-8,10,12-13,22,32H,3-5H2,1-2H3/t12-/m0/s1. The highest BCUT2D eigenvalue weighted by Crippen LogP contribution is 2.45. The van der Waals surface area contributed by atoms with Gasteiger partial charge in [-0.05, 0) is 51.3 Å². The highest BCUT2D eigenvalue weighted by atomic mass is 32.2. The summed E-state index contributed by atoms with van der Waals surface area (Å²) in [6, 6.07) is 2.66. The molecule has 0 unspecified atom stereocenters. The van der Waals surface area contributed by atoms with E-state index in [9.17, 15) is 40.0 Å². The summed E-state index contributed by atoms with van der Waals surface area (Å²) >= 11 is 0. The molecule has 7 nitrogen and oxygen atoms in total. The van der Waals surface area contributed by atoms with Crippen molar-refractivity contribution >= 4 is 20.9 Å². The molecule has 1 atom stereocenters. The first kappa shape index (κ1) is 26.7. The maximum atomic E-state index is 14.7. The van der Waals surface area contributed by atoms with Crippen LogP contribution in [0.3, 0.4) is 0 Å². The van der Waals surface area contributed by atoms with Gasteiger partial charge in [0.15, 0.2) is 11.6 Å². The Morgan fingerprint density at radius 1 is 1.27 bits per heavy atom. The van der Waals surface area contributed by atoms with E-state index in [4.69, 9.17) is 0 Å². The van der Waals surface area contributed by atoms with Crippen LogP contribution in [0.2, 0.25) is 0 Å². The van der Waals surface area contributed by atoms with Gasteiger partial charge in [-0.3, -0.25) is 4.98 Å². The van der Waals surface area contributed by atoms with E-state index in [-0.39, 0.29) is 33.9 Å². The molecule has 0 spiro atoms. The molecule has 198 valence electrons. The number of benzene rings is 1. The molecular formula is C23H20F6N4O3S. The van der Waals surface area contributed by atoms with Gasteiger partial charge in [0.2, 0.25) is 10.0 Å². The zero-order valence-corrected chi connectivity index (χ0v) is 20.2. The quantitative estimate of drug-likeness (QED) is 0.391. The molecule has 0 amide bonds. The summed E-state index contributed by atoms with van der Waals surface area (Å²) in [5.41, 5.74) is 0.638. The Morgan fingerprint density at radius 2 is 1.95 bits per heavy atom. The molecule has 0 aliphatic heterocycles. The molecule has 1 N–H and O–H groups in total. The number of sulfonamides is 1. The van der Waals surface area contributed by atoms with Crippen molar-refractivity contribution in [2.45, 2.75) is 62.9 Å². The topological polar surface area (TPSA) is 97.0 Å². The Kier molecular flexibility index (Phi) is 6.89. The van der Waals surface area contributed by atoms with E-state index in [2.05, 4.69) is 9.72 Å². The molecule has 1 fully saturated rings. The highest BCUT2D eigenvalue weighted by molar-refractivity contribution is 7.89. The Bertz CT molecular complexity index is 1490. The van der Waals surface area contributed by atoms with Gasteiger partial charge < -0.3 is 9.30 Å². The van der Waals surface area contributed by atoms with Gasteiger partial charge in [0, 0.05) is 23.2 Å². The van der Waals surface area contributed by atoms with E-state index in [1.54, 1.807) is 4.57 Å². The van der Waals surface area contributed by atoms with Crippen LogP contribution in [0.5, 0.6) is 5.75 Å². The van der Waals surface area contributed by atoms with Crippen LogP contribution in [-0.4, -0.2) is 36.8 Å². The van der Waals surface area contributed by atoms with Gasteiger partial charge >= 0.3 is 12.8 Å². The van der Waals surface area contributed by atoms with Gasteiger partial charge in [-0.1, -0.05) is 0 Å². The van der Waals surface area contributed by atoms with Crippen molar-refractivity contribution in [2.75, 3.05) is 0 Å². The number of fused-ring (bicyclic) bond motifs is 1. The number of aromatic nitrogens is 2. The van der Waals surface area contributed by atoms with Crippen molar-refractivity contribution < 1.29 is 39.5 Å². The summed E-state index contributed by atoms with van der Waals surface area (Å²) in [6.45, 7) is -1.24. The molecule has 0 radical (unpaired) electrons. The van der Waals surface area contributed by atoms with Crippen molar-refractivity contribution in [2.24, 2.45) is 0 Å². The second-order valence-corrected chi connectivity index (χ2v) is 10.4. The minimum atomic E-state index is -4.80. The van der Waals surface area contributed by atoms with Gasteiger partial charge in [-0.15, -0.1) is 0 Å². The van der Waals surface area contributed by atoms with Crippen molar-refractivity contribution in [3.05, 3.63) is 41.3 Å². The van der Waals surface area contributed by atoms with E-state index in [0.717, 1.165) is 24.8 Å². The molecule has 2 aromatic heterocycles. The number of halogens is 6. The Morgan fingerprint density at radius 3 is 2.43 bits per heavy atom. The average Bonchev–Trinajstić information content (AvgIpc) is 3.08. The normalized spacial score (nSPS) is 15.6. The minimum Gasteiger partial charge on any atom is -0.431 e. The molecular weight excluding hydrogens is 526 g/mol. The smallest absolute Gasteiger partial charge is 0.404 e. The van der Waals surface area contributed by atoms with Crippen LogP contribution in [0, 0.1) is 24.1 Å². The Labute approximate surface area is 207 Å². The third-order valence-corrected chi connectivity index (χ3v) is 7.82. The third-order valence-electron chi connectivity index (χ3n) is 6.30. The first-order valence-electron chi connectivity index (χ1n) is 11.0. The second-order valence-electron chi connectivity index (χ2n) is 8.64. The van der Waals surface area contributed by atoms with E-state index in [1.807, 2.05) is 6.07 Å². The van der Waals surface area contributed by atoms with E-state index in [1.165, 1.54) is 17.7 Å². The lowest BCUT2D eigenvalue weighted by atomic mass is 9.92. The molecule has 0 bridgehead atoms. The summed E-state index contributed by atoms with van der Waals surface area (Å²) in [4.78, 5) is 3.56. The lowest BCUT2D eigenvalue weighted by Crippen LogP contribution is -2.42. The van der Waals surface area contributed by atoms with Gasteiger partial charge in [-0.25, -0.2) is 12.8 Å². The van der Waals surface area contributed by atoms with Gasteiger partial charge in [0.1, 0.15) is 17.0 Å². The number of nitriles is 1. The molecule has 1 aromatic carbocycles. The number of nitrogens with one attached hydrogen (secondary N) is 1. The molecule has 1 aliphatic carbocycles. The lowest BCUT2D eigenvalue weighted by molar-refractivity contribution is -0.147. The predicted octanol–water partition coefficient (Wildman–Crippen LogP) is 5.58. The van der Waals surface area contributed by atoms with Gasteiger partial charge in [0.05, 0.1) is 22.5 Å². The molecule has 2 heterocycles. The highest BCUT2D eigenvalue weighted by Gasteiger charge is 2.39. The lowest BCUT2D eigenvalue weighted by Gasteiger charge is -2.30. The van der Waals surface area contributed by atoms with Gasteiger partial charge in [-0.2, -0.15) is 31.9 Å². The van der Waals surface area contributed by atoms with E-state index < -0.39 is 45.3 Å². The maximum Gasteiger partial charge on any atom is 0.404 e. The fraction of sp³-hybridized carbons (Fsp3) is 0.391. The fourth-order valence-electron chi connectivity index (χ4n) is 4.27. The molecule has 0 saturated heterocycles. The Hall–Kier alpha value is -3.31. The van der Waals surface area contributed by atoms with Crippen LogP contribution >= 0.6 is 0 Å². The van der Waals surface area contributed by atoms with Crippen LogP contribution in [-0.2, 0) is 10.0 Å². The molecule has 4 rings (SSSR count). The number of hydrogen-bond donors (Lipinski definition) is 1. The molecule has 1 aliphatic rings. The van der Waals surface area contributed by atoms with Crippen molar-refractivity contribution in [3.8, 4) is 23.2 Å². The number of ether oxygens (including phenoxy) is 1. The summed E-state index contributed by atoms with van der Waals surface area (Å²) in [7, 11) is -4.57. The summed E-state index contributed by atoms with van der Waals surface area (Å²) in [5, 5.41) is 10.1. The zero-order valence-electron chi connectivity index (χ0n) is 19.4. The molecule has 14 heteroatoms. The summed E-state index contributed by atoms with van der Waals surface area (Å²) in [5.74, 6) is -1.74. The van der Waals surface area contributed by atoms with Crippen LogP contribution in [0.1, 0.15) is 43.4 Å². The zero-order chi connectivity index (χ0) is 27.3. The number of hydrogen-bond acceptors (Lipinski definition) is 5. The monoisotopic (exact) mass is 546 g/mol. The van der Waals surface area contributed by atoms with E-state index in [0.29, 0.717) is 25.3 Å². The molecule has 3 aromatic rings. The predicted molar refractivity (Wildman–Crippen MR) is 120 cm³/mol. The third kappa shape index (κ3) is 4.85. The number of aryl methyl sites for hydroxylation is 1. The minimum absolute atomic E-state index is 0.0144. The van der Waals surface area contributed by atoms with Gasteiger partial charge in [0.25, 0.3) is 0 Å². The average molecular weight is 546 g/mol. The SMILES string of the molecule is Cc1c(OC(F)F)c(F)cc2c(C#N)c(-c3ccc(S(=O)(=O)N[C@@H](C)C(F)(F)F)cn3)n(C3CCC3)c12. The van der Waals surface area contributed by atoms with Crippen molar-refractivity contribution in [3.63, 3.8) is 0 Å². The van der Waals surface area contributed by atoms with E-state index >= 15 is 0 Å². The number of rotatable bonds is 7. The molecule has 1 saturated carbocycles. The van der Waals surface area contributed by atoms with Crippen LogP contribution in [0.4, 0.5) is 26.3 Å². The fourth-order valence-corrected chi connectivity index (χ4v) is 5.44. The van der Waals surface area contributed by atoms with Crippen LogP contribution in [0.25, 0.3) is 22.3 Å². The largest absolute Gasteiger partial charge is 0.431 e. The number of nitrogens with zero attached hydrogens (tertiary/aromatic N) is 3. The Balaban J connectivity index is 1.88. The maximum absolute atomic E-state index is 14.7. The first-order chi connectivity index (χ1) is 17.3. The number of alkyl halides is 5. The molecule has 37 heavy (non-hydrogen) atoms. The number of pyridine rings is 1.